The molecule has 1 aliphatic heterocycles. The van der Waals surface area contributed by atoms with Gasteiger partial charge in [-0.25, -0.2) is 0 Å². The molecule has 0 radical (unpaired) electrons. The standard InChI is InChI=1S/C14H12ClNO3/c15-9-3-4-11-10(8-9)12(17)5-6-16(11)14(18)13-2-1-7-19-13/h1-4,7-8,12,17H,5-6H2. The van der Waals surface area contributed by atoms with Crippen molar-refractivity contribution in [3.05, 3.63) is 52.9 Å². The number of aliphatic hydroxyl groups excluding tert-OH is 1. The van der Waals surface area contributed by atoms with Crippen LogP contribution in [-0.2, 0) is 0 Å². The van der Waals surface area contributed by atoms with Gasteiger partial charge in [0, 0.05) is 22.8 Å². The molecule has 0 fully saturated rings. The zero-order chi connectivity index (χ0) is 13.4. The molecule has 2 aromatic rings. The summed E-state index contributed by atoms with van der Waals surface area (Å²) in [5, 5.41) is 10.5. The molecule has 19 heavy (non-hydrogen) atoms. The highest BCUT2D eigenvalue weighted by molar-refractivity contribution is 6.30. The third-order valence-electron chi connectivity index (χ3n) is 3.24. The van der Waals surface area contributed by atoms with E-state index in [4.69, 9.17) is 16.0 Å². The highest BCUT2D eigenvalue weighted by Gasteiger charge is 2.29. The number of carbonyl (C=O) groups excluding carboxylic acids is 1. The average molecular weight is 278 g/mol. The number of benzene rings is 1. The second-order valence-electron chi connectivity index (χ2n) is 4.44. The van der Waals surface area contributed by atoms with Crippen molar-refractivity contribution < 1.29 is 14.3 Å². The Labute approximate surface area is 115 Å². The summed E-state index contributed by atoms with van der Waals surface area (Å²) in [6, 6.07) is 8.46. The van der Waals surface area contributed by atoms with Crippen molar-refractivity contribution >= 4 is 23.2 Å². The molecule has 0 spiro atoms. The highest BCUT2D eigenvalue weighted by Crippen LogP contribution is 2.36. The van der Waals surface area contributed by atoms with Crippen LogP contribution < -0.4 is 4.90 Å². The van der Waals surface area contributed by atoms with Crippen molar-refractivity contribution in [3.8, 4) is 0 Å². The normalized spacial score (nSPS) is 18.2. The van der Waals surface area contributed by atoms with Gasteiger partial charge in [-0.2, -0.15) is 0 Å². The molecule has 0 aliphatic carbocycles. The van der Waals surface area contributed by atoms with Crippen molar-refractivity contribution in [1.82, 2.24) is 0 Å². The van der Waals surface area contributed by atoms with Gasteiger partial charge in [0.1, 0.15) is 0 Å². The molecular weight excluding hydrogens is 266 g/mol. The van der Waals surface area contributed by atoms with Crippen LogP contribution in [0.3, 0.4) is 0 Å². The van der Waals surface area contributed by atoms with Crippen LogP contribution in [0, 0.1) is 0 Å². The summed E-state index contributed by atoms with van der Waals surface area (Å²) in [6.45, 7) is 0.454. The molecule has 1 aliphatic rings. The lowest BCUT2D eigenvalue weighted by atomic mass is 9.98. The van der Waals surface area contributed by atoms with Crippen LogP contribution >= 0.6 is 11.6 Å². The molecule has 1 aromatic heterocycles. The zero-order valence-corrected chi connectivity index (χ0v) is 10.8. The van der Waals surface area contributed by atoms with Gasteiger partial charge >= 0.3 is 0 Å². The first-order chi connectivity index (χ1) is 9.16. The maximum Gasteiger partial charge on any atom is 0.293 e. The lowest BCUT2D eigenvalue weighted by Crippen LogP contribution is -2.36. The van der Waals surface area contributed by atoms with Gasteiger partial charge in [0.05, 0.1) is 12.4 Å². The van der Waals surface area contributed by atoms with E-state index in [1.165, 1.54) is 6.26 Å². The topological polar surface area (TPSA) is 53.7 Å². The van der Waals surface area contributed by atoms with Gasteiger partial charge in [0.2, 0.25) is 0 Å². The monoisotopic (exact) mass is 277 g/mol. The van der Waals surface area contributed by atoms with Crippen LogP contribution in [0.15, 0.2) is 41.0 Å². The van der Waals surface area contributed by atoms with E-state index in [2.05, 4.69) is 0 Å². The van der Waals surface area contributed by atoms with E-state index in [9.17, 15) is 9.90 Å². The molecule has 1 aromatic carbocycles. The molecule has 2 heterocycles. The number of furan rings is 1. The molecule has 1 N–H and O–H groups in total. The molecule has 0 bridgehead atoms. The van der Waals surface area contributed by atoms with E-state index >= 15 is 0 Å². The van der Waals surface area contributed by atoms with Crippen molar-refractivity contribution in [1.29, 1.82) is 0 Å². The third-order valence-corrected chi connectivity index (χ3v) is 3.48. The Morgan fingerprint density at radius 2 is 2.26 bits per heavy atom. The van der Waals surface area contributed by atoms with Crippen molar-refractivity contribution in [2.45, 2.75) is 12.5 Å². The van der Waals surface area contributed by atoms with Gasteiger partial charge in [-0.05, 0) is 36.8 Å². The number of hydrogen-bond acceptors (Lipinski definition) is 3. The molecule has 1 amide bonds. The molecule has 0 saturated heterocycles. The summed E-state index contributed by atoms with van der Waals surface area (Å²) in [7, 11) is 0. The maximum absolute atomic E-state index is 12.3. The smallest absolute Gasteiger partial charge is 0.293 e. The van der Waals surface area contributed by atoms with Gasteiger partial charge in [-0.15, -0.1) is 0 Å². The summed E-state index contributed by atoms with van der Waals surface area (Å²) in [5.41, 5.74) is 1.36. The summed E-state index contributed by atoms with van der Waals surface area (Å²) in [4.78, 5) is 13.9. The average Bonchev–Trinajstić information content (AvgIpc) is 2.93. The zero-order valence-electron chi connectivity index (χ0n) is 10.0. The van der Waals surface area contributed by atoms with E-state index in [-0.39, 0.29) is 11.7 Å². The molecule has 1 atom stereocenters. The van der Waals surface area contributed by atoms with Crippen LogP contribution in [0.4, 0.5) is 5.69 Å². The van der Waals surface area contributed by atoms with E-state index in [0.29, 0.717) is 29.2 Å². The van der Waals surface area contributed by atoms with E-state index in [0.717, 1.165) is 0 Å². The van der Waals surface area contributed by atoms with Gasteiger partial charge in [-0.1, -0.05) is 11.6 Å². The minimum absolute atomic E-state index is 0.208. The Morgan fingerprint density at radius 1 is 1.42 bits per heavy atom. The molecular formula is C14H12ClNO3. The number of halogens is 1. The molecule has 3 rings (SSSR count). The molecule has 1 unspecified atom stereocenters. The number of hydrogen-bond donors (Lipinski definition) is 1. The van der Waals surface area contributed by atoms with E-state index in [1.807, 2.05) is 0 Å². The number of fused-ring (bicyclic) bond motifs is 1. The van der Waals surface area contributed by atoms with E-state index in [1.54, 1.807) is 35.2 Å². The molecule has 4 nitrogen and oxygen atoms in total. The second-order valence-corrected chi connectivity index (χ2v) is 4.88. The lowest BCUT2D eigenvalue weighted by Gasteiger charge is -2.31. The predicted octanol–water partition coefficient (Wildman–Crippen LogP) is 3.02. The summed E-state index contributed by atoms with van der Waals surface area (Å²) >= 11 is 5.94. The largest absolute Gasteiger partial charge is 0.459 e. The van der Waals surface area contributed by atoms with Crippen LogP contribution in [-0.4, -0.2) is 17.6 Å². The highest BCUT2D eigenvalue weighted by atomic mass is 35.5. The fourth-order valence-electron chi connectivity index (χ4n) is 2.31. The SMILES string of the molecule is O=C(c1ccco1)N1CCC(O)c2cc(Cl)ccc21. The third kappa shape index (κ3) is 2.13. The minimum atomic E-state index is -0.589. The van der Waals surface area contributed by atoms with Crippen LogP contribution in [0.2, 0.25) is 5.02 Å². The molecule has 98 valence electrons. The quantitative estimate of drug-likeness (QED) is 0.872. The lowest BCUT2D eigenvalue weighted by molar-refractivity contribution is 0.0944. The Balaban J connectivity index is 2.02. The van der Waals surface area contributed by atoms with Crippen LogP contribution in [0.25, 0.3) is 0 Å². The summed E-state index contributed by atoms with van der Waals surface area (Å²) in [5.74, 6) is 0.0813. The fourth-order valence-corrected chi connectivity index (χ4v) is 2.49. The first-order valence-electron chi connectivity index (χ1n) is 5.99. The maximum atomic E-state index is 12.3. The van der Waals surface area contributed by atoms with Crippen LogP contribution in [0.1, 0.15) is 28.6 Å². The first kappa shape index (κ1) is 12.3. The fraction of sp³-hybridized carbons (Fsp3) is 0.214. The van der Waals surface area contributed by atoms with Crippen molar-refractivity contribution in [2.75, 3.05) is 11.4 Å². The minimum Gasteiger partial charge on any atom is -0.459 e. The van der Waals surface area contributed by atoms with Gasteiger partial charge < -0.3 is 14.4 Å². The van der Waals surface area contributed by atoms with E-state index < -0.39 is 6.10 Å². The van der Waals surface area contributed by atoms with Gasteiger partial charge in [-0.3, -0.25) is 4.79 Å². The number of carbonyl (C=O) groups is 1. The Kier molecular flexibility index (Phi) is 3.05. The Hall–Kier alpha value is -1.78. The second kappa shape index (κ2) is 4.72. The number of rotatable bonds is 1. The number of amides is 1. The summed E-state index contributed by atoms with van der Waals surface area (Å²) < 4.78 is 5.13. The number of aliphatic hydroxyl groups is 1. The van der Waals surface area contributed by atoms with Gasteiger partial charge in [0.15, 0.2) is 5.76 Å². The molecule has 5 heteroatoms. The number of anilines is 1. The Morgan fingerprint density at radius 3 is 3.00 bits per heavy atom. The molecule has 0 saturated carbocycles. The van der Waals surface area contributed by atoms with Crippen molar-refractivity contribution in [3.63, 3.8) is 0 Å². The first-order valence-corrected chi connectivity index (χ1v) is 6.37. The van der Waals surface area contributed by atoms with Crippen molar-refractivity contribution in [2.24, 2.45) is 0 Å². The van der Waals surface area contributed by atoms with Gasteiger partial charge in [0.25, 0.3) is 5.91 Å². The number of nitrogens with zero attached hydrogens (tertiary/aromatic N) is 1. The predicted molar refractivity (Wildman–Crippen MR) is 71.4 cm³/mol. The summed E-state index contributed by atoms with van der Waals surface area (Å²) in [6.07, 6.45) is 1.36. The van der Waals surface area contributed by atoms with Crippen LogP contribution in [0.5, 0.6) is 0 Å². The Bertz CT molecular complexity index is 609.